The Kier molecular flexibility index (Phi) is 5.40. The molecule has 1 aliphatic heterocycles. The molecule has 4 nitrogen and oxygen atoms in total. The minimum atomic E-state index is 0.0257. The number of nitrogens with two attached hydrogens (primary N) is 1. The fourth-order valence-corrected chi connectivity index (χ4v) is 3.06. The largest absolute Gasteiger partial charge is 0.496 e. The van der Waals surface area contributed by atoms with Crippen molar-refractivity contribution >= 4 is 0 Å². The molecule has 0 bridgehead atoms. The van der Waals surface area contributed by atoms with Crippen molar-refractivity contribution in [1.29, 1.82) is 0 Å². The van der Waals surface area contributed by atoms with E-state index >= 15 is 0 Å². The highest BCUT2D eigenvalue weighted by molar-refractivity contribution is 5.36. The molecule has 4 heteroatoms. The van der Waals surface area contributed by atoms with Crippen LogP contribution < -0.4 is 10.5 Å². The van der Waals surface area contributed by atoms with E-state index in [2.05, 4.69) is 18.0 Å². The van der Waals surface area contributed by atoms with Gasteiger partial charge in [-0.05, 0) is 32.9 Å². The van der Waals surface area contributed by atoms with E-state index in [1.807, 2.05) is 25.1 Å². The zero-order valence-electron chi connectivity index (χ0n) is 12.7. The fourth-order valence-electron chi connectivity index (χ4n) is 3.06. The molecule has 0 aliphatic carbocycles. The van der Waals surface area contributed by atoms with E-state index in [9.17, 15) is 0 Å². The number of hydrogen-bond donors (Lipinski definition) is 1. The Balaban J connectivity index is 2.16. The number of nitrogens with zero attached hydrogens (tertiary/aromatic N) is 1. The van der Waals surface area contributed by atoms with Crippen LogP contribution in [0.15, 0.2) is 24.3 Å². The molecule has 0 radical (unpaired) electrons. The lowest BCUT2D eigenvalue weighted by Gasteiger charge is -2.33. The summed E-state index contributed by atoms with van der Waals surface area (Å²) < 4.78 is 11.2. The van der Waals surface area contributed by atoms with Crippen LogP contribution in [0.1, 0.15) is 31.4 Å². The summed E-state index contributed by atoms with van der Waals surface area (Å²) in [5, 5.41) is 0. The van der Waals surface area contributed by atoms with Gasteiger partial charge in [0.25, 0.3) is 0 Å². The first-order chi connectivity index (χ1) is 9.63. The van der Waals surface area contributed by atoms with Crippen molar-refractivity contribution in [3.05, 3.63) is 29.8 Å². The summed E-state index contributed by atoms with van der Waals surface area (Å²) in [4.78, 5) is 2.29. The number of hydrogen-bond acceptors (Lipinski definition) is 4. The molecule has 1 aromatic carbocycles. The van der Waals surface area contributed by atoms with Crippen LogP contribution in [0.2, 0.25) is 0 Å². The molecule has 2 rings (SSSR count). The molecule has 1 aromatic rings. The average molecular weight is 278 g/mol. The SMILES string of the molecule is COc1ccccc1C(C(C)N)N(C)CC1CCCO1. The van der Waals surface area contributed by atoms with Crippen LogP contribution in [-0.4, -0.2) is 44.4 Å². The highest BCUT2D eigenvalue weighted by Gasteiger charge is 2.27. The van der Waals surface area contributed by atoms with Gasteiger partial charge in [0.15, 0.2) is 0 Å². The molecule has 3 atom stereocenters. The summed E-state index contributed by atoms with van der Waals surface area (Å²) in [7, 11) is 3.82. The van der Waals surface area contributed by atoms with Crippen LogP contribution in [0.3, 0.4) is 0 Å². The molecular weight excluding hydrogens is 252 g/mol. The van der Waals surface area contributed by atoms with Gasteiger partial charge in [-0.15, -0.1) is 0 Å². The van der Waals surface area contributed by atoms with Crippen LogP contribution >= 0.6 is 0 Å². The van der Waals surface area contributed by atoms with Crippen LogP contribution in [-0.2, 0) is 4.74 Å². The van der Waals surface area contributed by atoms with Crippen LogP contribution in [0, 0.1) is 0 Å². The molecule has 0 amide bonds. The maximum Gasteiger partial charge on any atom is 0.123 e. The summed E-state index contributed by atoms with van der Waals surface area (Å²) >= 11 is 0. The van der Waals surface area contributed by atoms with E-state index in [1.54, 1.807) is 7.11 Å². The average Bonchev–Trinajstić information content (AvgIpc) is 2.92. The number of para-hydroxylation sites is 1. The smallest absolute Gasteiger partial charge is 0.123 e. The maximum absolute atomic E-state index is 6.23. The van der Waals surface area contributed by atoms with Gasteiger partial charge in [-0.1, -0.05) is 18.2 Å². The first-order valence-electron chi connectivity index (χ1n) is 7.33. The lowest BCUT2D eigenvalue weighted by atomic mass is 9.98. The summed E-state index contributed by atoms with van der Waals surface area (Å²) in [5.74, 6) is 0.897. The zero-order chi connectivity index (χ0) is 14.5. The van der Waals surface area contributed by atoms with Gasteiger partial charge in [0, 0.05) is 24.8 Å². The molecule has 0 spiro atoms. The molecule has 20 heavy (non-hydrogen) atoms. The van der Waals surface area contributed by atoms with Gasteiger partial charge in [0.1, 0.15) is 5.75 Å². The van der Waals surface area contributed by atoms with E-state index in [1.165, 1.54) is 0 Å². The zero-order valence-corrected chi connectivity index (χ0v) is 12.7. The molecule has 1 saturated heterocycles. The summed E-state index contributed by atoms with van der Waals surface area (Å²) in [6.07, 6.45) is 2.63. The summed E-state index contributed by atoms with van der Waals surface area (Å²) in [6.45, 7) is 3.84. The Bertz CT molecular complexity index is 417. The van der Waals surface area contributed by atoms with Crippen molar-refractivity contribution < 1.29 is 9.47 Å². The van der Waals surface area contributed by atoms with Crippen molar-refractivity contribution in [3.63, 3.8) is 0 Å². The Morgan fingerprint density at radius 3 is 2.80 bits per heavy atom. The highest BCUT2D eigenvalue weighted by Crippen LogP contribution is 2.31. The third-order valence-corrected chi connectivity index (χ3v) is 3.95. The molecule has 1 fully saturated rings. The molecule has 3 unspecified atom stereocenters. The molecule has 1 heterocycles. The molecule has 2 N–H and O–H groups in total. The van der Waals surface area contributed by atoms with Crippen molar-refractivity contribution in [2.75, 3.05) is 27.3 Å². The Labute approximate surface area is 121 Å². The lowest BCUT2D eigenvalue weighted by molar-refractivity contribution is 0.0637. The molecule has 1 aliphatic rings. The summed E-state index contributed by atoms with van der Waals surface area (Å²) in [5.41, 5.74) is 7.37. The van der Waals surface area contributed by atoms with Crippen LogP contribution in [0.5, 0.6) is 5.75 Å². The van der Waals surface area contributed by atoms with Gasteiger partial charge in [-0.25, -0.2) is 0 Å². The van der Waals surface area contributed by atoms with Gasteiger partial charge in [0.05, 0.1) is 19.3 Å². The van der Waals surface area contributed by atoms with E-state index < -0.39 is 0 Å². The predicted molar refractivity (Wildman–Crippen MR) is 81.0 cm³/mol. The second-order valence-electron chi connectivity index (χ2n) is 5.62. The lowest BCUT2D eigenvalue weighted by Crippen LogP contribution is -2.40. The minimum absolute atomic E-state index is 0.0257. The van der Waals surface area contributed by atoms with E-state index in [0.717, 1.165) is 37.3 Å². The third-order valence-electron chi connectivity index (χ3n) is 3.95. The minimum Gasteiger partial charge on any atom is -0.496 e. The quantitative estimate of drug-likeness (QED) is 0.866. The number of rotatable bonds is 6. The van der Waals surface area contributed by atoms with Crippen LogP contribution in [0.25, 0.3) is 0 Å². The number of likely N-dealkylation sites (N-methyl/N-ethyl adjacent to an activating group) is 1. The van der Waals surface area contributed by atoms with Gasteiger partial charge >= 0.3 is 0 Å². The van der Waals surface area contributed by atoms with E-state index in [-0.39, 0.29) is 12.1 Å². The van der Waals surface area contributed by atoms with E-state index in [0.29, 0.717) is 6.10 Å². The van der Waals surface area contributed by atoms with Crippen molar-refractivity contribution in [2.45, 2.75) is 38.0 Å². The molecule has 0 aromatic heterocycles. The number of ether oxygens (including phenoxy) is 2. The van der Waals surface area contributed by atoms with Gasteiger partial charge in [-0.2, -0.15) is 0 Å². The Morgan fingerprint density at radius 2 is 2.20 bits per heavy atom. The second kappa shape index (κ2) is 7.07. The number of benzene rings is 1. The predicted octanol–water partition coefficient (Wildman–Crippen LogP) is 2.19. The second-order valence-corrected chi connectivity index (χ2v) is 5.62. The van der Waals surface area contributed by atoms with Crippen molar-refractivity contribution in [1.82, 2.24) is 4.90 Å². The normalized spacial score (nSPS) is 21.9. The van der Waals surface area contributed by atoms with Crippen molar-refractivity contribution in [3.8, 4) is 5.75 Å². The third kappa shape index (κ3) is 3.51. The Morgan fingerprint density at radius 1 is 1.45 bits per heavy atom. The summed E-state index contributed by atoms with van der Waals surface area (Å²) in [6, 6.07) is 8.27. The Hall–Kier alpha value is -1.10. The fraction of sp³-hybridized carbons (Fsp3) is 0.625. The molecule has 0 saturated carbocycles. The first kappa shape index (κ1) is 15.3. The monoisotopic (exact) mass is 278 g/mol. The first-order valence-corrected chi connectivity index (χ1v) is 7.33. The highest BCUT2D eigenvalue weighted by atomic mass is 16.5. The standard InChI is InChI=1S/C16H26N2O2/c1-12(17)16(14-8-4-5-9-15(14)19-3)18(2)11-13-7-6-10-20-13/h4-5,8-9,12-13,16H,6-7,10-11,17H2,1-3H3. The van der Waals surface area contributed by atoms with Crippen LogP contribution in [0.4, 0.5) is 0 Å². The van der Waals surface area contributed by atoms with Gasteiger partial charge < -0.3 is 15.2 Å². The topological polar surface area (TPSA) is 47.7 Å². The van der Waals surface area contributed by atoms with Crippen molar-refractivity contribution in [2.24, 2.45) is 5.73 Å². The van der Waals surface area contributed by atoms with Gasteiger partial charge in [0.2, 0.25) is 0 Å². The molecule has 112 valence electrons. The number of methoxy groups -OCH3 is 1. The van der Waals surface area contributed by atoms with E-state index in [4.69, 9.17) is 15.2 Å². The maximum atomic E-state index is 6.23. The molecular formula is C16H26N2O2. The van der Waals surface area contributed by atoms with Gasteiger partial charge in [-0.3, -0.25) is 4.90 Å².